The summed E-state index contributed by atoms with van der Waals surface area (Å²) in [6, 6.07) is 13.8. The Morgan fingerprint density at radius 1 is 1.13 bits per heavy atom. The van der Waals surface area contributed by atoms with Gasteiger partial charge < -0.3 is 9.88 Å². The first-order chi connectivity index (χ1) is 14.5. The first-order valence-electron chi connectivity index (χ1n) is 9.76. The maximum atomic E-state index is 14.2. The fourth-order valence-electron chi connectivity index (χ4n) is 4.00. The van der Waals surface area contributed by atoms with Crippen molar-refractivity contribution in [2.75, 3.05) is 6.54 Å². The molecule has 0 saturated heterocycles. The number of nitrogens with one attached hydrogen (secondary N) is 1. The summed E-state index contributed by atoms with van der Waals surface area (Å²) in [5.74, 6) is -0.452. The van der Waals surface area contributed by atoms with Gasteiger partial charge in [0.05, 0.1) is 12.2 Å². The predicted octanol–water partition coefficient (Wildman–Crippen LogP) is 3.34. The van der Waals surface area contributed by atoms with E-state index in [1.165, 1.54) is 16.7 Å². The quantitative estimate of drug-likeness (QED) is 0.559. The van der Waals surface area contributed by atoms with Gasteiger partial charge in [0, 0.05) is 41.5 Å². The van der Waals surface area contributed by atoms with E-state index in [1.807, 2.05) is 31.2 Å². The van der Waals surface area contributed by atoms with Crippen molar-refractivity contribution >= 4 is 11.6 Å². The molecule has 0 fully saturated rings. The molecular formula is C23H19FN4O2. The molecule has 0 aliphatic carbocycles. The summed E-state index contributed by atoms with van der Waals surface area (Å²) in [4.78, 5) is 34.9. The second-order valence-electron chi connectivity index (χ2n) is 7.48. The first-order valence-corrected chi connectivity index (χ1v) is 9.76. The molecule has 1 aliphatic rings. The Morgan fingerprint density at radius 2 is 1.90 bits per heavy atom. The number of hydrogen-bond donors (Lipinski definition) is 1. The third kappa shape index (κ3) is 2.90. The lowest BCUT2D eigenvalue weighted by Gasteiger charge is -2.29. The predicted molar refractivity (Wildman–Crippen MR) is 111 cm³/mol. The third-order valence-electron chi connectivity index (χ3n) is 5.61. The van der Waals surface area contributed by atoms with Crippen LogP contribution >= 0.6 is 0 Å². The van der Waals surface area contributed by atoms with E-state index in [-0.39, 0.29) is 11.6 Å². The molecule has 5 rings (SSSR count). The van der Waals surface area contributed by atoms with Crippen LogP contribution in [-0.2, 0) is 13.0 Å². The molecule has 2 aromatic carbocycles. The first kappa shape index (κ1) is 18.3. The lowest BCUT2D eigenvalue weighted by molar-refractivity contribution is 0.0733. The molecule has 0 radical (unpaired) electrons. The monoisotopic (exact) mass is 402 g/mol. The Labute approximate surface area is 171 Å². The number of fused-ring (bicyclic) bond motifs is 3. The zero-order valence-corrected chi connectivity index (χ0v) is 16.4. The normalized spacial score (nSPS) is 13.5. The molecule has 3 heterocycles. The largest absolute Gasteiger partial charge is 0.334 e. The van der Waals surface area contributed by atoms with Crippen LogP contribution in [0.2, 0.25) is 0 Å². The number of amides is 1. The number of carbonyl (C=O) groups is 1. The van der Waals surface area contributed by atoms with E-state index in [0.29, 0.717) is 42.0 Å². The van der Waals surface area contributed by atoms with E-state index >= 15 is 0 Å². The molecule has 0 saturated carbocycles. The van der Waals surface area contributed by atoms with Gasteiger partial charge in [-0.15, -0.1) is 0 Å². The Morgan fingerprint density at radius 3 is 2.70 bits per heavy atom. The molecule has 6 nitrogen and oxygen atoms in total. The Bertz CT molecular complexity index is 1360. The summed E-state index contributed by atoms with van der Waals surface area (Å²) in [6.45, 7) is 2.75. The van der Waals surface area contributed by atoms with Gasteiger partial charge >= 0.3 is 5.69 Å². The number of nitrogens with zero attached hydrogens (tertiary/aromatic N) is 3. The number of aryl methyl sites for hydroxylation is 1. The van der Waals surface area contributed by atoms with Crippen LogP contribution in [0.5, 0.6) is 0 Å². The zero-order valence-electron chi connectivity index (χ0n) is 16.4. The molecule has 0 atom stereocenters. The van der Waals surface area contributed by atoms with Gasteiger partial charge in [0.2, 0.25) is 0 Å². The van der Waals surface area contributed by atoms with E-state index in [4.69, 9.17) is 0 Å². The van der Waals surface area contributed by atoms with Gasteiger partial charge in [-0.3, -0.25) is 9.20 Å². The Hall–Kier alpha value is -3.74. The molecule has 1 N–H and O–H groups in total. The summed E-state index contributed by atoms with van der Waals surface area (Å²) < 4.78 is 15.6. The summed E-state index contributed by atoms with van der Waals surface area (Å²) >= 11 is 0. The number of halogens is 1. The van der Waals surface area contributed by atoms with Crippen LogP contribution < -0.4 is 5.69 Å². The van der Waals surface area contributed by atoms with E-state index in [0.717, 1.165) is 16.8 Å². The average Bonchev–Trinajstić information content (AvgIpc) is 3.20. The molecule has 30 heavy (non-hydrogen) atoms. The molecule has 0 spiro atoms. The fourth-order valence-corrected chi connectivity index (χ4v) is 4.00. The Kier molecular flexibility index (Phi) is 4.24. The van der Waals surface area contributed by atoms with Crippen molar-refractivity contribution in [2.24, 2.45) is 0 Å². The summed E-state index contributed by atoms with van der Waals surface area (Å²) in [6.07, 6.45) is 2.07. The minimum absolute atomic E-state index is 0.0519. The van der Waals surface area contributed by atoms with E-state index in [1.54, 1.807) is 23.1 Å². The van der Waals surface area contributed by atoms with Crippen molar-refractivity contribution in [1.29, 1.82) is 0 Å². The molecular weight excluding hydrogens is 383 g/mol. The van der Waals surface area contributed by atoms with Crippen LogP contribution in [0.25, 0.3) is 16.9 Å². The summed E-state index contributed by atoms with van der Waals surface area (Å²) in [7, 11) is 0. The number of rotatable bonds is 2. The van der Waals surface area contributed by atoms with Crippen LogP contribution in [-0.4, -0.2) is 31.7 Å². The van der Waals surface area contributed by atoms with Crippen LogP contribution in [0, 0.1) is 12.7 Å². The molecule has 150 valence electrons. The lowest BCUT2D eigenvalue weighted by Crippen LogP contribution is -2.38. The highest BCUT2D eigenvalue weighted by molar-refractivity contribution is 5.95. The molecule has 4 aromatic rings. The number of carbonyl (C=O) groups excluding carboxylic acids is 1. The summed E-state index contributed by atoms with van der Waals surface area (Å²) in [5.41, 5.74) is 3.98. The van der Waals surface area contributed by atoms with Gasteiger partial charge in [-0.1, -0.05) is 30.3 Å². The van der Waals surface area contributed by atoms with Gasteiger partial charge in [0.1, 0.15) is 11.5 Å². The number of imidazole rings is 1. The molecule has 7 heteroatoms. The third-order valence-corrected chi connectivity index (χ3v) is 5.61. The average molecular weight is 402 g/mol. The molecule has 1 aliphatic heterocycles. The number of H-pyrrole nitrogens is 1. The topological polar surface area (TPSA) is 70.5 Å². The van der Waals surface area contributed by atoms with E-state index in [9.17, 15) is 14.0 Å². The van der Waals surface area contributed by atoms with E-state index < -0.39 is 5.82 Å². The Balaban J connectivity index is 1.59. The lowest BCUT2D eigenvalue weighted by atomic mass is 10.0. The SMILES string of the molecule is Cc1ccccc1C(=O)N1CCc2[nH]c(=O)n3cc(-c4ccccc4F)nc3c2C1. The van der Waals surface area contributed by atoms with Crippen molar-refractivity contribution in [3.63, 3.8) is 0 Å². The molecule has 0 bridgehead atoms. The number of benzene rings is 2. The van der Waals surface area contributed by atoms with Crippen LogP contribution in [0.1, 0.15) is 27.2 Å². The van der Waals surface area contributed by atoms with Gasteiger partial charge in [0.25, 0.3) is 5.91 Å². The highest BCUT2D eigenvalue weighted by atomic mass is 19.1. The maximum absolute atomic E-state index is 14.2. The second-order valence-corrected chi connectivity index (χ2v) is 7.48. The standard InChI is InChI=1S/C23H19FN4O2/c1-14-6-2-3-7-15(14)22(29)27-11-10-19-17(12-27)21-25-20(13-28(21)23(30)26-19)16-8-4-5-9-18(16)24/h2-9,13H,10-12H2,1H3,(H,26,30). The van der Waals surface area contributed by atoms with Crippen LogP contribution in [0.4, 0.5) is 4.39 Å². The number of aromatic amines is 1. The van der Waals surface area contributed by atoms with Crippen molar-refractivity contribution in [1.82, 2.24) is 19.3 Å². The number of aromatic nitrogens is 3. The van der Waals surface area contributed by atoms with Crippen molar-refractivity contribution in [3.8, 4) is 11.3 Å². The molecule has 0 unspecified atom stereocenters. The van der Waals surface area contributed by atoms with Gasteiger partial charge in [-0.05, 0) is 30.7 Å². The van der Waals surface area contributed by atoms with Crippen LogP contribution in [0.3, 0.4) is 0 Å². The smallest absolute Gasteiger partial charge is 0.331 e. The molecule has 2 aromatic heterocycles. The minimum atomic E-state index is -0.400. The van der Waals surface area contributed by atoms with E-state index in [2.05, 4.69) is 9.97 Å². The summed E-state index contributed by atoms with van der Waals surface area (Å²) in [5, 5.41) is 0. The zero-order chi connectivity index (χ0) is 20.8. The van der Waals surface area contributed by atoms with Crippen molar-refractivity contribution < 1.29 is 9.18 Å². The minimum Gasteiger partial charge on any atom is -0.334 e. The van der Waals surface area contributed by atoms with Gasteiger partial charge in [-0.2, -0.15) is 0 Å². The maximum Gasteiger partial charge on any atom is 0.331 e. The van der Waals surface area contributed by atoms with Gasteiger partial charge in [-0.25, -0.2) is 14.2 Å². The highest BCUT2D eigenvalue weighted by Gasteiger charge is 2.26. The fraction of sp³-hybridized carbons (Fsp3) is 0.174. The number of hydrogen-bond acceptors (Lipinski definition) is 3. The highest BCUT2D eigenvalue weighted by Crippen LogP contribution is 2.26. The second kappa shape index (κ2) is 6.95. The van der Waals surface area contributed by atoms with Gasteiger partial charge in [0.15, 0.2) is 0 Å². The van der Waals surface area contributed by atoms with Crippen molar-refractivity contribution in [2.45, 2.75) is 19.9 Å². The van der Waals surface area contributed by atoms with Crippen molar-refractivity contribution in [3.05, 3.63) is 93.4 Å². The molecule has 1 amide bonds. The van der Waals surface area contributed by atoms with Crippen LogP contribution in [0.15, 0.2) is 59.5 Å².